The standard InChI is InChI=1S/C23H21FN6O2.C2H6/c1-28-22(21-17(10-26)20(7-6-18(21)24)32-13-3-4-13)16(9-25)12-2-5-14-15(8-12)19(11-27)29-30-23(14)31;1-2/h2,5-9,13H,3-4,11,25,27H2,1H3,(H,30,31);1-2H3/b16-9-,28-22?;. The number of benzene rings is 2. The van der Waals surface area contributed by atoms with E-state index >= 15 is 4.39 Å². The van der Waals surface area contributed by atoms with Crippen LogP contribution >= 0.6 is 0 Å². The van der Waals surface area contributed by atoms with Crippen LogP contribution in [0.3, 0.4) is 0 Å². The van der Waals surface area contributed by atoms with Crippen molar-refractivity contribution in [2.75, 3.05) is 7.05 Å². The molecule has 0 radical (unpaired) electrons. The van der Waals surface area contributed by atoms with Gasteiger partial charge in [0.15, 0.2) is 0 Å². The lowest BCUT2D eigenvalue weighted by Gasteiger charge is -2.16. The second kappa shape index (κ2) is 10.7. The highest BCUT2D eigenvalue weighted by molar-refractivity contribution is 6.33. The maximum atomic E-state index is 15.0. The first-order chi connectivity index (χ1) is 16.5. The molecule has 1 aliphatic carbocycles. The molecule has 0 atom stereocenters. The molecule has 1 heterocycles. The van der Waals surface area contributed by atoms with Crippen LogP contribution in [0, 0.1) is 17.1 Å². The number of nitrogens with zero attached hydrogens (tertiary/aromatic N) is 3. The number of allylic oxidation sites excluding steroid dienone is 1. The molecule has 0 unspecified atom stereocenters. The smallest absolute Gasteiger partial charge is 0.272 e. The molecule has 1 fully saturated rings. The molecule has 0 aliphatic heterocycles. The molecule has 3 aromatic rings. The number of fused-ring (bicyclic) bond motifs is 1. The number of aromatic amines is 1. The normalized spacial score (nSPS) is 13.8. The van der Waals surface area contributed by atoms with Crippen LogP contribution in [-0.2, 0) is 6.54 Å². The lowest BCUT2D eigenvalue weighted by Crippen LogP contribution is -2.15. The van der Waals surface area contributed by atoms with Crippen LogP contribution in [0.1, 0.15) is 49.1 Å². The fraction of sp³-hybridized carbons (Fsp3) is 0.280. The van der Waals surface area contributed by atoms with Crippen molar-refractivity contribution in [3.05, 3.63) is 75.1 Å². The van der Waals surface area contributed by atoms with Gasteiger partial charge in [-0.15, -0.1) is 0 Å². The molecule has 4 rings (SSSR count). The Hall–Kier alpha value is -4.03. The summed E-state index contributed by atoms with van der Waals surface area (Å²) in [5.74, 6) is -0.310. The number of nitrogens with two attached hydrogens (primary N) is 2. The summed E-state index contributed by atoms with van der Waals surface area (Å²) in [6.45, 7) is 4.11. The van der Waals surface area contributed by atoms with E-state index in [1.807, 2.05) is 13.8 Å². The molecule has 1 saturated carbocycles. The molecule has 2 aromatic carbocycles. The molecule has 5 N–H and O–H groups in total. The lowest BCUT2D eigenvalue weighted by atomic mass is 9.91. The summed E-state index contributed by atoms with van der Waals surface area (Å²) < 4.78 is 20.8. The van der Waals surface area contributed by atoms with Gasteiger partial charge in [0, 0.05) is 30.8 Å². The Labute approximate surface area is 196 Å². The Morgan fingerprint density at radius 1 is 1.32 bits per heavy atom. The Morgan fingerprint density at radius 3 is 2.65 bits per heavy atom. The summed E-state index contributed by atoms with van der Waals surface area (Å²) in [7, 11) is 1.49. The van der Waals surface area contributed by atoms with Crippen molar-refractivity contribution in [3.63, 3.8) is 0 Å². The number of hydrogen-bond donors (Lipinski definition) is 3. The molecule has 176 valence electrons. The highest BCUT2D eigenvalue weighted by Crippen LogP contribution is 2.34. The van der Waals surface area contributed by atoms with E-state index in [1.165, 1.54) is 25.4 Å². The molecular weight excluding hydrogens is 435 g/mol. The van der Waals surface area contributed by atoms with Crippen LogP contribution in [-0.4, -0.2) is 29.1 Å². The van der Waals surface area contributed by atoms with Gasteiger partial charge in [-0.1, -0.05) is 19.9 Å². The minimum absolute atomic E-state index is 0.00743. The van der Waals surface area contributed by atoms with Crippen molar-refractivity contribution in [2.45, 2.75) is 39.3 Å². The predicted molar refractivity (Wildman–Crippen MR) is 131 cm³/mol. The summed E-state index contributed by atoms with van der Waals surface area (Å²) in [6, 6.07) is 9.76. The summed E-state index contributed by atoms with van der Waals surface area (Å²) in [5.41, 5.74) is 13.1. The monoisotopic (exact) mass is 462 g/mol. The van der Waals surface area contributed by atoms with Crippen molar-refractivity contribution in [1.29, 1.82) is 5.26 Å². The maximum absolute atomic E-state index is 15.0. The van der Waals surface area contributed by atoms with E-state index in [0.717, 1.165) is 12.8 Å². The largest absolute Gasteiger partial charge is 0.489 e. The highest BCUT2D eigenvalue weighted by atomic mass is 19.1. The Morgan fingerprint density at radius 2 is 2.06 bits per heavy atom. The van der Waals surface area contributed by atoms with Gasteiger partial charge in [0.1, 0.15) is 23.2 Å². The molecule has 8 nitrogen and oxygen atoms in total. The second-order valence-electron chi connectivity index (χ2n) is 7.34. The third-order valence-electron chi connectivity index (χ3n) is 5.30. The van der Waals surface area contributed by atoms with E-state index in [9.17, 15) is 10.1 Å². The van der Waals surface area contributed by atoms with E-state index in [4.69, 9.17) is 16.2 Å². The number of H-pyrrole nitrogens is 1. The van der Waals surface area contributed by atoms with E-state index in [-0.39, 0.29) is 35.0 Å². The average molecular weight is 463 g/mol. The molecule has 34 heavy (non-hydrogen) atoms. The van der Waals surface area contributed by atoms with Crippen molar-refractivity contribution < 1.29 is 9.13 Å². The van der Waals surface area contributed by atoms with Gasteiger partial charge in [-0.3, -0.25) is 9.79 Å². The van der Waals surface area contributed by atoms with Gasteiger partial charge in [0.2, 0.25) is 0 Å². The lowest BCUT2D eigenvalue weighted by molar-refractivity contribution is 0.302. The number of halogens is 1. The van der Waals surface area contributed by atoms with Crippen LogP contribution in [0.5, 0.6) is 5.75 Å². The second-order valence-corrected chi connectivity index (χ2v) is 7.34. The van der Waals surface area contributed by atoms with Gasteiger partial charge in [0.25, 0.3) is 5.56 Å². The van der Waals surface area contributed by atoms with Crippen LogP contribution in [0.4, 0.5) is 4.39 Å². The van der Waals surface area contributed by atoms with Crippen molar-refractivity contribution in [3.8, 4) is 11.8 Å². The summed E-state index contributed by atoms with van der Waals surface area (Å²) in [5, 5.41) is 17.2. The van der Waals surface area contributed by atoms with Crippen LogP contribution in [0.2, 0.25) is 0 Å². The van der Waals surface area contributed by atoms with Gasteiger partial charge >= 0.3 is 0 Å². The molecule has 0 amide bonds. The number of rotatable bonds is 6. The van der Waals surface area contributed by atoms with E-state index in [1.54, 1.807) is 18.2 Å². The third-order valence-corrected chi connectivity index (χ3v) is 5.30. The van der Waals surface area contributed by atoms with Crippen molar-refractivity contribution in [1.82, 2.24) is 10.2 Å². The molecule has 1 aliphatic rings. The first-order valence-electron chi connectivity index (χ1n) is 11.0. The fourth-order valence-corrected chi connectivity index (χ4v) is 3.59. The van der Waals surface area contributed by atoms with E-state index in [2.05, 4.69) is 21.3 Å². The van der Waals surface area contributed by atoms with Gasteiger partial charge in [-0.05, 0) is 42.7 Å². The van der Waals surface area contributed by atoms with Gasteiger partial charge < -0.3 is 16.2 Å². The molecule has 1 aromatic heterocycles. The van der Waals surface area contributed by atoms with Gasteiger partial charge in [0.05, 0.1) is 28.5 Å². The summed E-state index contributed by atoms with van der Waals surface area (Å²) in [6.07, 6.45) is 3.12. The molecule has 0 saturated heterocycles. The highest BCUT2D eigenvalue weighted by Gasteiger charge is 2.28. The fourth-order valence-electron chi connectivity index (χ4n) is 3.59. The zero-order valence-corrected chi connectivity index (χ0v) is 19.4. The Bertz CT molecular complexity index is 1370. The zero-order chi connectivity index (χ0) is 24.8. The topological polar surface area (TPSA) is 143 Å². The molecule has 0 bridgehead atoms. The molecular formula is C25H27FN6O2. The SMILES string of the molecule is CC.CN=C(/C(=C\N)c1ccc2c(=O)[nH]nc(CN)c2c1)c1c(F)ccc(OC2CC2)c1C#N. The number of ether oxygens (including phenoxy) is 1. The number of nitrogens with one attached hydrogen (secondary N) is 1. The quantitative estimate of drug-likeness (QED) is 0.479. The third kappa shape index (κ3) is 4.67. The van der Waals surface area contributed by atoms with Crippen LogP contribution in [0.25, 0.3) is 16.3 Å². The summed E-state index contributed by atoms with van der Waals surface area (Å²) in [4.78, 5) is 16.4. The zero-order valence-electron chi connectivity index (χ0n) is 19.4. The van der Waals surface area contributed by atoms with Gasteiger partial charge in [-0.25, -0.2) is 9.49 Å². The average Bonchev–Trinajstić information content (AvgIpc) is 3.69. The predicted octanol–water partition coefficient (Wildman–Crippen LogP) is 3.38. The molecule has 9 heteroatoms. The van der Waals surface area contributed by atoms with E-state index < -0.39 is 5.82 Å². The number of aliphatic imine (C=N–C) groups is 1. The van der Waals surface area contributed by atoms with E-state index in [0.29, 0.717) is 33.4 Å². The van der Waals surface area contributed by atoms with Crippen LogP contribution < -0.4 is 21.8 Å². The summed E-state index contributed by atoms with van der Waals surface area (Å²) >= 11 is 0. The van der Waals surface area contributed by atoms with Crippen molar-refractivity contribution in [2.24, 2.45) is 16.5 Å². The first kappa shape index (κ1) is 24.6. The number of hydrogen-bond acceptors (Lipinski definition) is 7. The van der Waals surface area contributed by atoms with Crippen molar-refractivity contribution >= 4 is 22.1 Å². The number of aromatic nitrogens is 2. The molecule has 0 spiro atoms. The minimum atomic E-state index is -0.619. The Balaban J connectivity index is 0.00000158. The first-order valence-corrected chi connectivity index (χ1v) is 11.0. The Kier molecular flexibility index (Phi) is 7.76. The number of nitriles is 1. The van der Waals surface area contributed by atoms with Gasteiger partial charge in [-0.2, -0.15) is 10.4 Å². The minimum Gasteiger partial charge on any atom is -0.489 e. The maximum Gasteiger partial charge on any atom is 0.272 e. The van der Waals surface area contributed by atoms with Crippen LogP contribution in [0.15, 0.2) is 46.3 Å².